The first-order valence-corrected chi connectivity index (χ1v) is 9.14. The second-order valence-electron chi connectivity index (χ2n) is 6.87. The minimum Gasteiger partial charge on any atom is -0.497 e. The fourth-order valence-corrected chi connectivity index (χ4v) is 3.56. The zero-order chi connectivity index (χ0) is 18.8. The molecule has 1 amide bonds. The SMILES string of the molecule is COc1ccc(-c2cc(C(=O)N3CCC[C@H]3c3ccc(C)cc3)on2)cc1. The molecule has 0 spiro atoms. The molecule has 1 saturated heterocycles. The molecule has 1 aliphatic rings. The van der Waals surface area contributed by atoms with Crippen LogP contribution in [0.3, 0.4) is 0 Å². The number of methoxy groups -OCH3 is 1. The van der Waals surface area contributed by atoms with Crippen LogP contribution in [0.15, 0.2) is 59.1 Å². The highest BCUT2D eigenvalue weighted by Gasteiger charge is 2.32. The molecule has 4 rings (SSSR count). The zero-order valence-corrected chi connectivity index (χ0v) is 15.5. The van der Waals surface area contributed by atoms with E-state index in [2.05, 4.69) is 36.3 Å². The molecule has 27 heavy (non-hydrogen) atoms. The average Bonchev–Trinajstić information content (AvgIpc) is 3.38. The third-order valence-corrected chi connectivity index (χ3v) is 5.08. The van der Waals surface area contributed by atoms with E-state index < -0.39 is 0 Å². The molecule has 1 atom stereocenters. The molecule has 0 aliphatic carbocycles. The van der Waals surface area contributed by atoms with Crippen molar-refractivity contribution in [2.75, 3.05) is 13.7 Å². The molecule has 0 bridgehead atoms. The first-order valence-electron chi connectivity index (χ1n) is 9.14. The predicted molar refractivity (Wildman–Crippen MR) is 103 cm³/mol. The molecule has 0 unspecified atom stereocenters. The fraction of sp³-hybridized carbons (Fsp3) is 0.273. The summed E-state index contributed by atoms with van der Waals surface area (Å²) in [5.74, 6) is 0.946. The smallest absolute Gasteiger partial charge is 0.292 e. The van der Waals surface area contributed by atoms with Crippen LogP contribution < -0.4 is 4.74 Å². The Balaban J connectivity index is 1.55. The maximum absolute atomic E-state index is 13.0. The van der Waals surface area contributed by atoms with Gasteiger partial charge in [0.05, 0.1) is 13.2 Å². The molecule has 138 valence electrons. The number of carbonyl (C=O) groups is 1. The lowest BCUT2D eigenvalue weighted by molar-refractivity contribution is 0.0693. The van der Waals surface area contributed by atoms with Crippen molar-refractivity contribution in [2.45, 2.75) is 25.8 Å². The maximum Gasteiger partial charge on any atom is 0.292 e. The number of aromatic nitrogens is 1. The van der Waals surface area contributed by atoms with E-state index in [0.717, 1.165) is 30.7 Å². The lowest BCUT2D eigenvalue weighted by Crippen LogP contribution is -2.30. The lowest BCUT2D eigenvalue weighted by Gasteiger charge is -2.24. The number of rotatable bonds is 4. The summed E-state index contributed by atoms with van der Waals surface area (Å²) in [7, 11) is 1.63. The number of likely N-dealkylation sites (tertiary alicyclic amines) is 1. The number of hydrogen-bond acceptors (Lipinski definition) is 4. The Morgan fingerprint density at radius 3 is 2.59 bits per heavy atom. The predicted octanol–water partition coefficient (Wildman–Crippen LogP) is 4.64. The second-order valence-corrected chi connectivity index (χ2v) is 6.87. The second kappa shape index (κ2) is 7.27. The molecule has 0 N–H and O–H groups in total. The van der Waals surface area contributed by atoms with Crippen LogP contribution in [0.4, 0.5) is 0 Å². The minimum atomic E-state index is -0.106. The van der Waals surface area contributed by atoms with Crippen molar-refractivity contribution in [1.29, 1.82) is 0 Å². The van der Waals surface area contributed by atoms with Gasteiger partial charge >= 0.3 is 0 Å². The van der Waals surface area contributed by atoms with Gasteiger partial charge in [0.15, 0.2) is 0 Å². The topological polar surface area (TPSA) is 55.6 Å². The summed E-state index contributed by atoms with van der Waals surface area (Å²) in [6.07, 6.45) is 1.96. The van der Waals surface area contributed by atoms with Gasteiger partial charge in [-0.15, -0.1) is 0 Å². The van der Waals surface area contributed by atoms with Crippen LogP contribution in [0.25, 0.3) is 11.3 Å². The molecular weight excluding hydrogens is 340 g/mol. The van der Waals surface area contributed by atoms with Gasteiger partial charge in [-0.3, -0.25) is 4.79 Å². The van der Waals surface area contributed by atoms with Crippen LogP contribution in [0.1, 0.15) is 40.6 Å². The Kier molecular flexibility index (Phi) is 4.67. The van der Waals surface area contributed by atoms with Gasteiger partial charge in [0.1, 0.15) is 11.4 Å². The number of amides is 1. The van der Waals surface area contributed by atoms with Crippen molar-refractivity contribution in [3.8, 4) is 17.0 Å². The lowest BCUT2D eigenvalue weighted by atomic mass is 10.0. The number of hydrogen-bond donors (Lipinski definition) is 0. The van der Waals surface area contributed by atoms with E-state index in [9.17, 15) is 4.79 Å². The fourth-order valence-electron chi connectivity index (χ4n) is 3.56. The Bertz CT molecular complexity index is 929. The van der Waals surface area contributed by atoms with Gasteiger partial charge in [0.2, 0.25) is 5.76 Å². The molecule has 5 nitrogen and oxygen atoms in total. The first-order chi connectivity index (χ1) is 13.2. The Morgan fingerprint density at radius 1 is 1.15 bits per heavy atom. The summed E-state index contributed by atoms with van der Waals surface area (Å²) >= 11 is 0. The van der Waals surface area contributed by atoms with Crippen LogP contribution in [-0.2, 0) is 0 Å². The third-order valence-electron chi connectivity index (χ3n) is 5.08. The van der Waals surface area contributed by atoms with E-state index in [4.69, 9.17) is 9.26 Å². The van der Waals surface area contributed by atoms with Crippen molar-refractivity contribution in [1.82, 2.24) is 10.1 Å². The highest BCUT2D eigenvalue weighted by atomic mass is 16.5. The number of aryl methyl sites for hydroxylation is 1. The number of nitrogens with zero attached hydrogens (tertiary/aromatic N) is 2. The third kappa shape index (κ3) is 3.45. The van der Waals surface area contributed by atoms with E-state index in [0.29, 0.717) is 5.69 Å². The van der Waals surface area contributed by atoms with Crippen LogP contribution in [-0.4, -0.2) is 29.6 Å². The van der Waals surface area contributed by atoms with Gasteiger partial charge in [0, 0.05) is 18.2 Å². The summed E-state index contributed by atoms with van der Waals surface area (Å²) in [5.41, 5.74) is 3.91. The highest BCUT2D eigenvalue weighted by Crippen LogP contribution is 2.34. The van der Waals surface area contributed by atoms with Gasteiger partial charge in [-0.25, -0.2) is 0 Å². The molecule has 0 saturated carbocycles. The van der Waals surface area contributed by atoms with E-state index in [1.165, 1.54) is 11.1 Å². The van der Waals surface area contributed by atoms with E-state index in [-0.39, 0.29) is 17.7 Å². The largest absolute Gasteiger partial charge is 0.497 e. The number of ether oxygens (including phenoxy) is 1. The number of carbonyl (C=O) groups excluding carboxylic acids is 1. The average molecular weight is 362 g/mol. The van der Waals surface area contributed by atoms with E-state index in [1.54, 1.807) is 13.2 Å². The summed E-state index contributed by atoms with van der Waals surface area (Å²) in [4.78, 5) is 14.9. The molecule has 1 aromatic heterocycles. The van der Waals surface area contributed by atoms with Crippen molar-refractivity contribution in [2.24, 2.45) is 0 Å². The van der Waals surface area contributed by atoms with Crippen molar-refractivity contribution >= 4 is 5.91 Å². The molecule has 0 radical (unpaired) electrons. The van der Waals surface area contributed by atoms with Crippen molar-refractivity contribution in [3.05, 3.63) is 71.5 Å². The van der Waals surface area contributed by atoms with Crippen molar-refractivity contribution < 1.29 is 14.1 Å². The van der Waals surface area contributed by atoms with Crippen LogP contribution in [0.5, 0.6) is 5.75 Å². The summed E-state index contributed by atoms with van der Waals surface area (Å²) in [6.45, 7) is 2.80. The monoisotopic (exact) mass is 362 g/mol. The normalized spacial score (nSPS) is 16.5. The number of benzene rings is 2. The van der Waals surface area contributed by atoms with Gasteiger partial charge < -0.3 is 14.2 Å². The summed E-state index contributed by atoms with van der Waals surface area (Å²) in [6, 6.07) is 17.7. The molecule has 3 aromatic rings. The Hall–Kier alpha value is -3.08. The Morgan fingerprint density at radius 2 is 1.89 bits per heavy atom. The molecule has 2 heterocycles. The molecule has 1 fully saturated rings. The van der Waals surface area contributed by atoms with Crippen LogP contribution in [0.2, 0.25) is 0 Å². The van der Waals surface area contributed by atoms with Crippen LogP contribution >= 0.6 is 0 Å². The van der Waals surface area contributed by atoms with Crippen molar-refractivity contribution in [3.63, 3.8) is 0 Å². The first kappa shape index (κ1) is 17.3. The van der Waals surface area contributed by atoms with Crippen LogP contribution in [0, 0.1) is 6.92 Å². The molecule has 5 heteroatoms. The minimum absolute atomic E-state index is 0.0904. The van der Waals surface area contributed by atoms with E-state index >= 15 is 0 Å². The molecule has 1 aliphatic heterocycles. The van der Waals surface area contributed by atoms with Gasteiger partial charge in [-0.1, -0.05) is 35.0 Å². The standard InChI is InChI=1S/C22H22N2O3/c1-15-5-7-17(8-6-15)20-4-3-13-24(20)22(25)21-14-19(23-27-21)16-9-11-18(26-2)12-10-16/h5-12,14,20H,3-4,13H2,1-2H3/t20-/m0/s1. The van der Waals surface area contributed by atoms with Gasteiger partial charge in [0.25, 0.3) is 5.91 Å². The molecular formula is C22H22N2O3. The summed E-state index contributed by atoms with van der Waals surface area (Å²) < 4.78 is 10.6. The zero-order valence-electron chi connectivity index (χ0n) is 15.5. The maximum atomic E-state index is 13.0. The highest BCUT2D eigenvalue weighted by molar-refractivity contribution is 5.93. The summed E-state index contributed by atoms with van der Waals surface area (Å²) in [5, 5.41) is 4.08. The molecule has 2 aromatic carbocycles. The van der Waals surface area contributed by atoms with Gasteiger partial charge in [-0.2, -0.15) is 0 Å². The quantitative estimate of drug-likeness (QED) is 0.679. The van der Waals surface area contributed by atoms with Gasteiger partial charge in [-0.05, 0) is 49.6 Å². The van der Waals surface area contributed by atoms with E-state index in [1.807, 2.05) is 29.2 Å². The Labute approximate surface area is 158 Å².